The van der Waals surface area contributed by atoms with Crippen LogP contribution in [0.25, 0.3) is 0 Å². The predicted octanol–water partition coefficient (Wildman–Crippen LogP) is 2.71. The highest BCUT2D eigenvalue weighted by Gasteiger charge is 2.09. The SMILES string of the molecule is C=C(C)CCOc1cnc(CNC(C)(C)C)cn1. The van der Waals surface area contributed by atoms with Crippen LogP contribution in [0.2, 0.25) is 0 Å². The van der Waals surface area contributed by atoms with Crippen molar-refractivity contribution in [1.29, 1.82) is 0 Å². The molecule has 1 N–H and O–H groups in total. The molecule has 0 aliphatic heterocycles. The quantitative estimate of drug-likeness (QED) is 0.787. The lowest BCUT2D eigenvalue weighted by Crippen LogP contribution is -2.35. The van der Waals surface area contributed by atoms with Gasteiger partial charge in [0.05, 0.1) is 24.7 Å². The molecular weight excluding hydrogens is 226 g/mol. The van der Waals surface area contributed by atoms with E-state index in [1.54, 1.807) is 12.4 Å². The van der Waals surface area contributed by atoms with E-state index in [9.17, 15) is 0 Å². The fraction of sp³-hybridized carbons (Fsp3) is 0.571. The molecule has 100 valence electrons. The second-order valence-electron chi connectivity index (χ2n) is 5.51. The van der Waals surface area contributed by atoms with E-state index < -0.39 is 0 Å². The van der Waals surface area contributed by atoms with Gasteiger partial charge in [0.15, 0.2) is 0 Å². The Morgan fingerprint density at radius 1 is 1.33 bits per heavy atom. The fourth-order valence-corrected chi connectivity index (χ4v) is 1.19. The number of rotatable bonds is 6. The van der Waals surface area contributed by atoms with E-state index in [4.69, 9.17) is 4.74 Å². The molecule has 0 unspecified atom stereocenters. The van der Waals surface area contributed by atoms with Crippen molar-refractivity contribution < 1.29 is 4.74 Å². The van der Waals surface area contributed by atoms with Gasteiger partial charge in [-0.1, -0.05) is 5.57 Å². The Bertz CT molecular complexity index is 379. The normalized spacial score (nSPS) is 11.3. The van der Waals surface area contributed by atoms with E-state index in [1.807, 2.05) is 6.92 Å². The molecule has 0 spiro atoms. The first-order chi connectivity index (χ1) is 8.37. The zero-order valence-corrected chi connectivity index (χ0v) is 11.8. The summed E-state index contributed by atoms with van der Waals surface area (Å²) >= 11 is 0. The van der Waals surface area contributed by atoms with Gasteiger partial charge in [-0.3, -0.25) is 4.98 Å². The largest absolute Gasteiger partial charge is 0.476 e. The van der Waals surface area contributed by atoms with Crippen molar-refractivity contribution in [3.05, 3.63) is 30.2 Å². The summed E-state index contributed by atoms with van der Waals surface area (Å²) in [4.78, 5) is 8.53. The summed E-state index contributed by atoms with van der Waals surface area (Å²) in [5, 5.41) is 3.36. The van der Waals surface area contributed by atoms with E-state index in [2.05, 4.69) is 42.6 Å². The Morgan fingerprint density at radius 2 is 2.06 bits per heavy atom. The number of hydrogen-bond acceptors (Lipinski definition) is 4. The van der Waals surface area contributed by atoms with Crippen molar-refractivity contribution >= 4 is 0 Å². The zero-order valence-electron chi connectivity index (χ0n) is 11.8. The van der Waals surface area contributed by atoms with Crippen LogP contribution in [0, 0.1) is 0 Å². The molecule has 0 atom stereocenters. The highest BCUT2D eigenvalue weighted by atomic mass is 16.5. The minimum Gasteiger partial charge on any atom is -0.476 e. The second-order valence-corrected chi connectivity index (χ2v) is 5.51. The van der Waals surface area contributed by atoms with Crippen molar-refractivity contribution in [2.24, 2.45) is 0 Å². The summed E-state index contributed by atoms with van der Waals surface area (Å²) in [6.07, 6.45) is 4.25. The second kappa shape index (κ2) is 6.50. The highest BCUT2D eigenvalue weighted by Crippen LogP contribution is 2.07. The van der Waals surface area contributed by atoms with Crippen molar-refractivity contribution in [1.82, 2.24) is 15.3 Å². The summed E-state index contributed by atoms with van der Waals surface area (Å²) in [5.74, 6) is 0.566. The van der Waals surface area contributed by atoms with Gasteiger partial charge in [-0.25, -0.2) is 4.98 Å². The summed E-state index contributed by atoms with van der Waals surface area (Å²) in [6, 6.07) is 0. The monoisotopic (exact) mass is 249 g/mol. The van der Waals surface area contributed by atoms with E-state index in [0.717, 1.165) is 17.7 Å². The van der Waals surface area contributed by atoms with E-state index in [0.29, 0.717) is 19.0 Å². The van der Waals surface area contributed by atoms with Gasteiger partial charge in [-0.05, 0) is 27.7 Å². The van der Waals surface area contributed by atoms with Crippen LogP contribution >= 0.6 is 0 Å². The third-order valence-electron chi connectivity index (χ3n) is 2.26. The minimum atomic E-state index is 0.0817. The van der Waals surface area contributed by atoms with Gasteiger partial charge < -0.3 is 10.1 Å². The van der Waals surface area contributed by atoms with Crippen LogP contribution in [0.3, 0.4) is 0 Å². The van der Waals surface area contributed by atoms with E-state index in [-0.39, 0.29) is 5.54 Å². The standard InChI is InChI=1S/C14H23N3O/c1-11(2)6-7-18-13-10-15-12(8-16-13)9-17-14(3,4)5/h8,10,17H,1,6-7,9H2,2-5H3. The van der Waals surface area contributed by atoms with Gasteiger partial charge in [-0.2, -0.15) is 0 Å². The molecule has 0 aromatic carbocycles. The molecule has 4 nitrogen and oxygen atoms in total. The molecule has 1 aromatic rings. The lowest BCUT2D eigenvalue weighted by molar-refractivity contribution is 0.307. The molecule has 0 bridgehead atoms. The summed E-state index contributed by atoms with van der Waals surface area (Å²) in [6.45, 7) is 13.5. The first kappa shape index (κ1) is 14.6. The summed E-state index contributed by atoms with van der Waals surface area (Å²) < 4.78 is 5.46. The van der Waals surface area contributed by atoms with Crippen molar-refractivity contribution in [2.75, 3.05) is 6.61 Å². The maximum atomic E-state index is 5.46. The Labute approximate surface area is 109 Å². The molecule has 0 fully saturated rings. The van der Waals surface area contributed by atoms with Crippen LogP contribution in [-0.2, 0) is 6.54 Å². The van der Waals surface area contributed by atoms with Gasteiger partial charge in [0.1, 0.15) is 0 Å². The van der Waals surface area contributed by atoms with Crippen LogP contribution in [0.4, 0.5) is 0 Å². The van der Waals surface area contributed by atoms with Gasteiger partial charge >= 0.3 is 0 Å². The molecule has 1 rings (SSSR count). The highest BCUT2D eigenvalue weighted by molar-refractivity contribution is 5.07. The molecule has 0 amide bonds. The van der Waals surface area contributed by atoms with Crippen LogP contribution in [-0.4, -0.2) is 22.1 Å². The molecule has 1 aromatic heterocycles. The fourth-order valence-electron chi connectivity index (χ4n) is 1.19. The van der Waals surface area contributed by atoms with Gasteiger partial charge in [-0.15, -0.1) is 6.58 Å². The van der Waals surface area contributed by atoms with Crippen molar-refractivity contribution in [2.45, 2.75) is 46.2 Å². The Hall–Kier alpha value is -1.42. The van der Waals surface area contributed by atoms with Gasteiger partial charge in [0.25, 0.3) is 0 Å². The lowest BCUT2D eigenvalue weighted by atomic mass is 10.1. The predicted molar refractivity (Wildman–Crippen MR) is 73.6 cm³/mol. The Morgan fingerprint density at radius 3 is 2.56 bits per heavy atom. The Kier molecular flexibility index (Phi) is 5.28. The maximum Gasteiger partial charge on any atom is 0.232 e. The third kappa shape index (κ3) is 6.35. The summed E-state index contributed by atoms with van der Waals surface area (Å²) in [5.41, 5.74) is 2.10. The van der Waals surface area contributed by atoms with Crippen LogP contribution in [0.15, 0.2) is 24.5 Å². The molecule has 1 heterocycles. The lowest BCUT2D eigenvalue weighted by Gasteiger charge is -2.19. The number of ether oxygens (including phenoxy) is 1. The minimum absolute atomic E-state index is 0.0817. The van der Waals surface area contributed by atoms with Crippen molar-refractivity contribution in [3.8, 4) is 5.88 Å². The molecule has 18 heavy (non-hydrogen) atoms. The van der Waals surface area contributed by atoms with Crippen molar-refractivity contribution in [3.63, 3.8) is 0 Å². The van der Waals surface area contributed by atoms with E-state index in [1.165, 1.54) is 0 Å². The average molecular weight is 249 g/mol. The zero-order chi connectivity index (χ0) is 13.6. The topological polar surface area (TPSA) is 47.0 Å². The molecule has 0 saturated carbocycles. The molecule has 0 radical (unpaired) electrons. The first-order valence-electron chi connectivity index (χ1n) is 6.20. The Balaban J connectivity index is 2.40. The van der Waals surface area contributed by atoms with Crippen LogP contribution in [0.1, 0.15) is 39.8 Å². The maximum absolute atomic E-state index is 5.46. The number of hydrogen-bond donors (Lipinski definition) is 1. The molecule has 4 heteroatoms. The molecule has 0 aliphatic carbocycles. The number of nitrogens with zero attached hydrogens (tertiary/aromatic N) is 2. The van der Waals surface area contributed by atoms with Crippen LogP contribution in [0.5, 0.6) is 5.88 Å². The average Bonchev–Trinajstić information content (AvgIpc) is 2.26. The number of aromatic nitrogens is 2. The van der Waals surface area contributed by atoms with E-state index >= 15 is 0 Å². The van der Waals surface area contributed by atoms with Gasteiger partial charge in [0.2, 0.25) is 5.88 Å². The molecule has 0 aliphatic rings. The number of nitrogens with one attached hydrogen (secondary N) is 1. The summed E-state index contributed by atoms with van der Waals surface area (Å²) in [7, 11) is 0. The van der Waals surface area contributed by atoms with Crippen LogP contribution < -0.4 is 10.1 Å². The molecular formula is C14H23N3O. The molecule has 0 saturated heterocycles. The first-order valence-corrected chi connectivity index (χ1v) is 6.20. The van der Waals surface area contributed by atoms with Gasteiger partial charge in [0, 0.05) is 18.5 Å². The third-order valence-corrected chi connectivity index (χ3v) is 2.26. The smallest absolute Gasteiger partial charge is 0.232 e.